The van der Waals surface area contributed by atoms with Crippen LogP contribution < -0.4 is 10.7 Å². The van der Waals surface area contributed by atoms with Gasteiger partial charge in [-0.25, -0.2) is 5.01 Å². The average Bonchev–Trinajstić information content (AvgIpc) is 3.07. The van der Waals surface area contributed by atoms with Crippen LogP contribution in [0.15, 0.2) is 72.8 Å². The van der Waals surface area contributed by atoms with Crippen molar-refractivity contribution >= 4 is 17.7 Å². The van der Waals surface area contributed by atoms with Crippen LogP contribution in [0.5, 0.6) is 5.75 Å². The lowest BCUT2D eigenvalue weighted by molar-refractivity contribution is 0.0446. The van der Waals surface area contributed by atoms with Gasteiger partial charge >= 0.3 is 0 Å². The lowest BCUT2D eigenvalue weighted by Crippen LogP contribution is -2.53. The lowest BCUT2D eigenvalue weighted by atomic mass is 9.99. The maximum atomic E-state index is 13.7. The van der Waals surface area contributed by atoms with Crippen molar-refractivity contribution in [2.45, 2.75) is 65.0 Å². The van der Waals surface area contributed by atoms with Gasteiger partial charge in [-0.1, -0.05) is 63.4 Å². The van der Waals surface area contributed by atoms with E-state index in [1.54, 1.807) is 70.6 Å². The molecule has 0 saturated heterocycles. The predicted octanol–water partition coefficient (Wildman–Crippen LogP) is 4.78. The summed E-state index contributed by atoms with van der Waals surface area (Å²) in [4.78, 5) is 41.9. The molecule has 2 unspecified atom stereocenters. The number of aliphatic hydroxyl groups excluding tert-OH is 1. The zero-order valence-electron chi connectivity index (χ0n) is 27.0. The molecule has 0 aliphatic heterocycles. The highest BCUT2D eigenvalue weighted by Crippen LogP contribution is 2.17. The van der Waals surface area contributed by atoms with Crippen LogP contribution >= 0.6 is 0 Å². The number of nitrogens with one attached hydrogen (secondary N) is 2. The van der Waals surface area contributed by atoms with E-state index in [9.17, 15) is 24.6 Å². The molecule has 0 radical (unpaired) electrons. The van der Waals surface area contributed by atoms with E-state index in [2.05, 4.69) is 16.7 Å². The quantitative estimate of drug-likeness (QED) is 0.126. The van der Waals surface area contributed by atoms with Crippen LogP contribution in [0.3, 0.4) is 0 Å². The van der Waals surface area contributed by atoms with Gasteiger partial charge in [0.2, 0.25) is 0 Å². The van der Waals surface area contributed by atoms with E-state index in [-0.39, 0.29) is 36.1 Å². The number of nitrogens with zero attached hydrogens (tertiary/aromatic N) is 2. The Hall–Kier alpha value is -4.65. The van der Waals surface area contributed by atoms with Crippen molar-refractivity contribution in [2.75, 3.05) is 26.2 Å². The first-order valence-electron chi connectivity index (χ1n) is 16.0. The zero-order valence-corrected chi connectivity index (χ0v) is 27.0. The Balaban J connectivity index is 1.89. The second kappa shape index (κ2) is 18.4. The predicted molar refractivity (Wildman–Crippen MR) is 180 cm³/mol. The minimum absolute atomic E-state index is 0.0404. The summed E-state index contributed by atoms with van der Waals surface area (Å²) in [6, 6.07) is 19.3. The Labute approximate surface area is 272 Å². The van der Waals surface area contributed by atoms with Gasteiger partial charge in [-0.15, -0.1) is 6.42 Å². The number of rotatable bonds is 17. The van der Waals surface area contributed by atoms with E-state index in [0.717, 1.165) is 31.2 Å². The maximum absolute atomic E-state index is 13.7. The highest BCUT2D eigenvalue weighted by molar-refractivity contribution is 6.00. The summed E-state index contributed by atoms with van der Waals surface area (Å²) in [5.41, 5.74) is 5.09. The van der Waals surface area contributed by atoms with Gasteiger partial charge in [-0.2, -0.15) is 0 Å². The number of terminal acetylenes is 1. The molecule has 0 aliphatic rings. The summed E-state index contributed by atoms with van der Waals surface area (Å²) in [5.74, 6) is 1.65. The van der Waals surface area contributed by atoms with Crippen molar-refractivity contribution < 1.29 is 24.6 Å². The SMILES string of the molecule is C#Cc1cc(C(=O)NC(Cc2ccc(O)cc2)C(O)CN(CCCC)NC(=O)c2ccccc2)cc(C(=O)N(CCC)CCC)c1. The van der Waals surface area contributed by atoms with Crippen molar-refractivity contribution in [1.82, 2.24) is 20.7 Å². The van der Waals surface area contributed by atoms with Crippen LogP contribution in [0, 0.1) is 12.3 Å². The summed E-state index contributed by atoms with van der Waals surface area (Å²) >= 11 is 0. The van der Waals surface area contributed by atoms with Gasteiger partial charge in [-0.3, -0.25) is 19.8 Å². The summed E-state index contributed by atoms with van der Waals surface area (Å²) in [7, 11) is 0. The Morgan fingerprint density at radius 1 is 0.826 bits per heavy atom. The van der Waals surface area contributed by atoms with Crippen LogP contribution in [0.4, 0.5) is 0 Å². The fraction of sp³-hybridized carbons (Fsp3) is 0.378. The molecule has 3 aromatic carbocycles. The second-order valence-electron chi connectivity index (χ2n) is 11.4. The zero-order chi connectivity index (χ0) is 33.5. The first-order valence-corrected chi connectivity index (χ1v) is 16.0. The van der Waals surface area contributed by atoms with Gasteiger partial charge in [0.25, 0.3) is 17.7 Å². The van der Waals surface area contributed by atoms with Crippen LogP contribution in [0.25, 0.3) is 0 Å². The normalized spacial score (nSPS) is 12.2. The fourth-order valence-corrected chi connectivity index (χ4v) is 5.12. The molecule has 9 heteroatoms. The molecule has 244 valence electrons. The third-order valence-electron chi connectivity index (χ3n) is 7.54. The van der Waals surface area contributed by atoms with Crippen LogP contribution in [-0.4, -0.2) is 76.2 Å². The summed E-state index contributed by atoms with van der Waals surface area (Å²) in [6.45, 7) is 7.75. The van der Waals surface area contributed by atoms with E-state index in [4.69, 9.17) is 6.42 Å². The first-order chi connectivity index (χ1) is 22.2. The molecule has 2 atom stereocenters. The lowest BCUT2D eigenvalue weighted by Gasteiger charge is -2.30. The summed E-state index contributed by atoms with van der Waals surface area (Å²) in [6.07, 6.45) is 8.10. The number of carbonyl (C=O) groups excluding carboxylic acids is 3. The fourth-order valence-electron chi connectivity index (χ4n) is 5.12. The number of unbranched alkanes of at least 4 members (excludes halogenated alkanes) is 1. The minimum atomic E-state index is -1.10. The van der Waals surface area contributed by atoms with Crippen molar-refractivity contribution in [3.8, 4) is 18.1 Å². The number of carbonyl (C=O) groups is 3. The number of hydrogen-bond donors (Lipinski definition) is 4. The molecular formula is C37H46N4O5. The molecule has 3 amide bonds. The van der Waals surface area contributed by atoms with Gasteiger partial charge in [0.1, 0.15) is 5.75 Å². The Bertz CT molecular complexity index is 1460. The number of phenols is 1. The molecule has 4 N–H and O–H groups in total. The number of aliphatic hydroxyl groups is 1. The van der Waals surface area contributed by atoms with E-state index in [1.807, 2.05) is 26.8 Å². The number of aromatic hydroxyl groups is 1. The molecule has 0 saturated carbocycles. The maximum Gasteiger partial charge on any atom is 0.265 e. The standard InChI is InChI=1S/C37H46N4O5/c1-5-9-21-41(39-36(45)29-13-11-10-12-14-29)26-34(43)33(24-28-15-17-32(42)18-16-28)38-35(44)30-22-27(8-4)23-31(25-30)37(46)40(19-6-2)20-7-3/h4,10-18,22-23,25,33-34,42-43H,5-7,9,19-21,24,26H2,1-3H3,(H,38,44)(H,39,45). The number of amides is 3. The van der Waals surface area contributed by atoms with Crippen LogP contribution in [0.2, 0.25) is 0 Å². The third-order valence-corrected chi connectivity index (χ3v) is 7.54. The number of hydrazine groups is 1. The molecular weight excluding hydrogens is 580 g/mol. The average molecular weight is 627 g/mol. The van der Waals surface area contributed by atoms with Crippen molar-refractivity contribution in [3.63, 3.8) is 0 Å². The van der Waals surface area contributed by atoms with Gasteiger partial charge in [0.15, 0.2) is 0 Å². The van der Waals surface area contributed by atoms with Gasteiger partial charge < -0.3 is 20.4 Å². The van der Waals surface area contributed by atoms with E-state index < -0.39 is 18.1 Å². The first kappa shape index (κ1) is 35.8. The number of hydrogen-bond acceptors (Lipinski definition) is 6. The van der Waals surface area contributed by atoms with E-state index >= 15 is 0 Å². The Kier molecular flexibility index (Phi) is 14.3. The number of phenolic OH excluding ortho intramolecular Hbond substituents is 1. The van der Waals surface area contributed by atoms with Crippen molar-refractivity contribution in [1.29, 1.82) is 0 Å². The van der Waals surface area contributed by atoms with Crippen molar-refractivity contribution in [2.24, 2.45) is 0 Å². The molecule has 0 bridgehead atoms. The second-order valence-corrected chi connectivity index (χ2v) is 11.4. The Morgan fingerprint density at radius 2 is 1.48 bits per heavy atom. The van der Waals surface area contributed by atoms with Crippen LogP contribution in [0.1, 0.15) is 88.7 Å². The molecule has 0 heterocycles. The summed E-state index contributed by atoms with van der Waals surface area (Å²) in [5, 5.41) is 26.0. The highest BCUT2D eigenvalue weighted by atomic mass is 16.3. The molecule has 3 rings (SSSR count). The molecule has 46 heavy (non-hydrogen) atoms. The highest BCUT2D eigenvalue weighted by Gasteiger charge is 2.26. The minimum Gasteiger partial charge on any atom is -0.508 e. The van der Waals surface area contributed by atoms with Gasteiger partial charge in [0.05, 0.1) is 12.1 Å². The molecule has 0 spiro atoms. The largest absolute Gasteiger partial charge is 0.508 e. The van der Waals surface area contributed by atoms with Gasteiger partial charge in [-0.05, 0) is 73.7 Å². The summed E-state index contributed by atoms with van der Waals surface area (Å²) < 4.78 is 0. The topological polar surface area (TPSA) is 122 Å². The van der Waals surface area contributed by atoms with Crippen LogP contribution in [-0.2, 0) is 6.42 Å². The Morgan fingerprint density at radius 3 is 2.09 bits per heavy atom. The monoisotopic (exact) mass is 626 g/mol. The van der Waals surface area contributed by atoms with E-state index in [0.29, 0.717) is 36.3 Å². The molecule has 9 nitrogen and oxygen atoms in total. The third kappa shape index (κ3) is 10.8. The number of benzene rings is 3. The molecule has 3 aromatic rings. The molecule has 0 aliphatic carbocycles. The van der Waals surface area contributed by atoms with Gasteiger partial charge in [0, 0.05) is 48.4 Å². The van der Waals surface area contributed by atoms with Crippen molar-refractivity contribution in [3.05, 3.63) is 101 Å². The molecule has 0 aromatic heterocycles. The smallest absolute Gasteiger partial charge is 0.265 e. The van der Waals surface area contributed by atoms with E-state index in [1.165, 1.54) is 6.07 Å². The molecule has 0 fully saturated rings.